The minimum Gasteiger partial charge on any atom is -0.386 e. The normalized spacial score (nSPS) is 23.9. The van der Waals surface area contributed by atoms with Gasteiger partial charge in [-0.2, -0.15) is 4.99 Å². The zero-order valence-corrected chi connectivity index (χ0v) is 11.5. The van der Waals surface area contributed by atoms with Crippen molar-refractivity contribution in [3.63, 3.8) is 0 Å². The van der Waals surface area contributed by atoms with Gasteiger partial charge in [-0.25, -0.2) is 4.79 Å². The summed E-state index contributed by atoms with van der Waals surface area (Å²) in [6.07, 6.45) is 6.39. The summed E-state index contributed by atoms with van der Waals surface area (Å²) in [6, 6.07) is -0.700. The number of amides is 3. The summed E-state index contributed by atoms with van der Waals surface area (Å²) < 4.78 is 0. The molecule has 0 saturated carbocycles. The second kappa shape index (κ2) is 6.31. The number of carbonyl (C=O) groups is 2. The lowest BCUT2D eigenvalue weighted by Crippen LogP contribution is -2.56. The highest BCUT2D eigenvalue weighted by molar-refractivity contribution is 6.20. The molecule has 0 spiro atoms. The number of nitrogens with zero attached hydrogens (tertiary/aromatic N) is 1. The Morgan fingerprint density at radius 2 is 2.16 bits per heavy atom. The Morgan fingerprint density at radius 3 is 2.63 bits per heavy atom. The van der Waals surface area contributed by atoms with E-state index in [-0.39, 0.29) is 5.84 Å². The first-order chi connectivity index (χ1) is 9.02. The molecular weight excluding hydrogens is 242 g/mol. The molecule has 104 valence electrons. The average Bonchev–Trinajstić information content (AvgIpc) is 2.33. The van der Waals surface area contributed by atoms with Crippen molar-refractivity contribution < 1.29 is 9.59 Å². The molecule has 5 nitrogen and oxygen atoms in total. The smallest absolute Gasteiger partial charge is 0.349 e. The van der Waals surface area contributed by atoms with E-state index < -0.39 is 17.4 Å². The third-order valence-electron chi connectivity index (χ3n) is 3.24. The fourth-order valence-electron chi connectivity index (χ4n) is 2.41. The van der Waals surface area contributed by atoms with Crippen LogP contribution in [0, 0.1) is 5.41 Å². The monoisotopic (exact) mass is 263 g/mol. The molecule has 1 atom stereocenters. The van der Waals surface area contributed by atoms with Crippen molar-refractivity contribution in [2.45, 2.75) is 39.5 Å². The average molecular weight is 263 g/mol. The first kappa shape index (κ1) is 15.1. The van der Waals surface area contributed by atoms with Gasteiger partial charge in [0.15, 0.2) is 0 Å². The van der Waals surface area contributed by atoms with Crippen molar-refractivity contribution in [1.29, 1.82) is 0 Å². The molecule has 0 saturated heterocycles. The molecule has 19 heavy (non-hydrogen) atoms. The summed E-state index contributed by atoms with van der Waals surface area (Å²) in [7, 11) is 0. The van der Waals surface area contributed by atoms with Crippen LogP contribution in [0.25, 0.3) is 0 Å². The van der Waals surface area contributed by atoms with Crippen LogP contribution >= 0.6 is 0 Å². The van der Waals surface area contributed by atoms with E-state index in [1.165, 1.54) is 0 Å². The first-order valence-corrected chi connectivity index (χ1v) is 6.53. The van der Waals surface area contributed by atoms with Crippen LogP contribution < -0.4 is 11.1 Å². The molecule has 0 unspecified atom stereocenters. The molecule has 5 heteroatoms. The Kier molecular flexibility index (Phi) is 5.03. The molecular formula is C14H21N3O2. The standard InChI is InChI=1S/C14H21N3O2/c1-4-7-10(8-5-2)14(9-6-3)11(15)16-13(19)17-12(14)18/h6-7H,3-5,8-9H2,1-2H3,(H3,15,16,17,18,19)/b10-7-/t14-/m1/s1. The van der Waals surface area contributed by atoms with Crippen LogP contribution in [0.2, 0.25) is 0 Å². The van der Waals surface area contributed by atoms with E-state index in [1.807, 2.05) is 19.9 Å². The van der Waals surface area contributed by atoms with E-state index in [9.17, 15) is 9.59 Å². The van der Waals surface area contributed by atoms with Crippen LogP contribution in [0.1, 0.15) is 39.5 Å². The topological polar surface area (TPSA) is 84.5 Å². The lowest BCUT2D eigenvalue weighted by Gasteiger charge is -2.35. The van der Waals surface area contributed by atoms with E-state index >= 15 is 0 Å². The predicted molar refractivity (Wildman–Crippen MR) is 75.7 cm³/mol. The fraction of sp³-hybridized carbons (Fsp3) is 0.500. The summed E-state index contributed by atoms with van der Waals surface area (Å²) in [4.78, 5) is 27.3. The van der Waals surface area contributed by atoms with Crippen LogP contribution in [-0.2, 0) is 4.79 Å². The van der Waals surface area contributed by atoms with E-state index in [0.29, 0.717) is 6.42 Å². The number of aliphatic imine (C=N–C) groups is 1. The quantitative estimate of drug-likeness (QED) is 0.721. The highest BCUT2D eigenvalue weighted by atomic mass is 16.2. The number of hydrogen-bond acceptors (Lipinski definition) is 3. The summed E-state index contributed by atoms with van der Waals surface area (Å²) in [6.45, 7) is 7.72. The Hall–Kier alpha value is -1.91. The van der Waals surface area contributed by atoms with Crippen LogP contribution in [0.4, 0.5) is 4.79 Å². The van der Waals surface area contributed by atoms with Gasteiger partial charge < -0.3 is 5.73 Å². The van der Waals surface area contributed by atoms with E-state index in [1.54, 1.807) is 6.08 Å². The van der Waals surface area contributed by atoms with Crippen molar-refractivity contribution in [3.05, 3.63) is 24.3 Å². The van der Waals surface area contributed by atoms with Gasteiger partial charge in [0.1, 0.15) is 11.3 Å². The highest BCUT2D eigenvalue weighted by Crippen LogP contribution is 2.37. The number of amidine groups is 1. The van der Waals surface area contributed by atoms with Crippen LogP contribution in [-0.4, -0.2) is 17.8 Å². The first-order valence-electron chi connectivity index (χ1n) is 6.53. The summed E-state index contributed by atoms with van der Waals surface area (Å²) >= 11 is 0. The maximum atomic E-state index is 12.3. The lowest BCUT2D eigenvalue weighted by molar-refractivity contribution is -0.125. The molecule has 0 aliphatic carbocycles. The molecule has 0 aromatic rings. The van der Waals surface area contributed by atoms with Crippen molar-refractivity contribution in [1.82, 2.24) is 5.32 Å². The maximum absolute atomic E-state index is 12.3. The molecule has 0 aromatic carbocycles. The maximum Gasteiger partial charge on any atom is 0.349 e. The van der Waals surface area contributed by atoms with E-state index in [4.69, 9.17) is 5.73 Å². The summed E-state index contributed by atoms with van der Waals surface area (Å²) in [5, 5.41) is 2.25. The van der Waals surface area contributed by atoms with Gasteiger partial charge in [0.25, 0.3) is 0 Å². The van der Waals surface area contributed by atoms with Crippen LogP contribution in [0.3, 0.4) is 0 Å². The van der Waals surface area contributed by atoms with E-state index in [2.05, 4.69) is 16.9 Å². The largest absolute Gasteiger partial charge is 0.386 e. The van der Waals surface area contributed by atoms with Gasteiger partial charge in [0.05, 0.1) is 0 Å². The molecule has 1 aliphatic rings. The second-order valence-corrected chi connectivity index (χ2v) is 4.54. The Balaban J connectivity index is 3.40. The fourth-order valence-corrected chi connectivity index (χ4v) is 2.41. The predicted octanol–water partition coefficient (Wildman–Crippen LogP) is 2.29. The minimum atomic E-state index is -1.05. The second-order valence-electron chi connectivity index (χ2n) is 4.54. The number of nitrogens with one attached hydrogen (secondary N) is 1. The summed E-state index contributed by atoms with van der Waals surface area (Å²) in [5.41, 5.74) is 5.77. The molecule has 3 N–H and O–H groups in total. The number of imide groups is 1. The van der Waals surface area contributed by atoms with Gasteiger partial charge in [0, 0.05) is 0 Å². The minimum absolute atomic E-state index is 0.0642. The van der Waals surface area contributed by atoms with Crippen molar-refractivity contribution >= 4 is 17.8 Å². The molecule has 3 amide bonds. The highest BCUT2D eigenvalue weighted by Gasteiger charge is 2.47. The number of urea groups is 1. The lowest BCUT2D eigenvalue weighted by atomic mass is 9.72. The van der Waals surface area contributed by atoms with Gasteiger partial charge in [-0.3, -0.25) is 10.1 Å². The SMILES string of the molecule is C=CC[C@]1(/C(=C\CC)CCC)C(=O)NC(=O)N=C1N. The van der Waals surface area contributed by atoms with Gasteiger partial charge in [-0.15, -0.1) is 6.58 Å². The van der Waals surface area contributed by atoms with Crippen molar-refractivity contribution in [3.8, 4) is 0 Å². The number of nitrogens with two attached hydrogens (primary N) is 1. The molecule has 0 fully saturated rings. The van der Waals surface area contributed by atoms with Crippen LogP contribution in [0.5, 0.6) is 0 Å². The Bertz CT molecular complexity index is 452. The molecule has 0 bridgehead atoms. The molecule has 0 radical (unpaired) electrons. The van der Waals surface area contributed by atoms with Crippen molar-refractivity contribution in [2.24, 2.45) is 16.1 Å². The number of carbonyl (C=O) groups excluding carboxylic acids is 2. The number of hydrogen-bond donors (Lipinski definition) is 2. The van der Waals surface area contributed by atoms with Crippen molar-refractivity contribution in [2.75, 3.05) is 0 Å². The Morgan fingerprint density at radius 1 is 1.47 bits per heavy atom. The van der Waals surface area contributed by atoms with Gasteiger partial charge >= 0.3 is 6.03 Å². The molecule has 1 aliphatic heterocycles. The zero-order valence-electron chi connectivity index (χ0n) is 11.5. The van der Waals surface area contributed by atoms with Gasteiger partial charge in [0.2, 0.25) is 5.91 Å². The van der Waals surface area contributed by atoms with E-state index in [0.717, 1.165) is 24.8 Å². The third kappa shape index (κ3) is 2.75. The summed E-state index contributed by atoms with van der Waals surface area (Å²) in [5.74, 6) is -0.340. The third-order valence-corrected chi connectivity index (χ3v) is 3.24. The molecule has 1 heterocycles. The number of rotatable bonds is 6. The number of allylic oxidation sites excluding steroid dienone is 2. The van der Waals surface area contributed by atoms with Gasteiger partial charge in [-0.05, 0) is 19.3 Å². The molecule has 1 rings (SSSR count). The Labute approximate surface area is 113 Å². The van der Waals surface area contributed by atoms with Crippen LogP contribution in [0.15, 0.2) is 29.3 Å². The molecule has 0 aromatic heterocycles. The van der Waals surface area contributed by atoms with Gasteiger partial charge in [-0.1, -0.05) is 38.0 Å². The zero-order chi connectivity index (χ0) is 14.5.